The molecule has 0 unspecified atom stereocenters. The van der Waals surface area contributed by atoms with Gasteiger partial charge in [-0.25, -0.2) is 0 Å². The Bertz CT molecular complexity index is 6.85. The predicted octanol–water partition coefficient (Wildman–Crippen LogP) is -2.86. The fourth-order valence-electron chi connectivity index (χ4n) is 0. The zero-order valence-electron chi connectivity index (χ0n) is 2.54. The molecule has 0 rings (SSSR count). The van der Waals surface area contributed by atoms with Crippen molar-refractivity contribution in [1.29, 1.82) is 0 Å². The van der Waals surface area contributed by atoms with Crippen LogP contribution in [-0.4, -0.2) is 61.9 Å². The fraction of sp³-hybridized carbons (Fsp3) is 0. The molecule has 35 valence electrons. The molecule has 0 aromatic rings. The van der Waals surface area contributed by atoms with E-state index in [9.17, 15) is 0 Å². The minimum absolute atomic E-state index is 0. The Morgan fingerprint density at radius 2 is 0.600 bits per heavy atom. The molecule has 0 aliphatic heterocycles. The second kappa shape index (κ2) is 39.9. The predicted molar refractivity (Wildman–Crippen MR) is 16.6 cm³/mol. The maximum absolute atomic E-state index is 0. The van der Waals surface area contributed by atoms with Gasteiger partial charge in [-0.05, 0) is 0 Å². The maximum atomic E-state index is 0. The Morgan fingerprint density at radius 3 is 0.600 bits per heavy atom. The van der Waals surface area contributed by atoms with Gasteiger partial charge in [0.25, 0.3) is 0 Å². The van der Waals surface area contributed by atoms with Crippen molar-refractivity contribution < 1.29 is 33.2 Å². The SMILES string of the molecule is O.O.O.[Co].[Sr]. The van der Waals surface area contributed by atoms with Gasteiger partial charge in [-0.1, -0.05) is 0 Å². The molecule has 0 amide bonds. The summed E-state index contributed by atoms with van der Waals surface area (Å²) in [6.07, 6.45) is 0. The molecule has 0 aliphatic rings. The Kier molecular flexibility index (Phi) is 541. The second-order valence-corrected chi connectivity index (χ2v) is 0. The standard InChI is InChI=1S/Co.3H2O.Sr/h;3*1H2;. The summed E-state index contributed by atoms with van der Waals surface area (Å²) in [5, 5.41) is 0. The molecule has 0 heterocycles. The second-order valence-electron chi connectivity index (χ2n) is 0. The topological polar surface area (TPSA) is 94.5 Å². The van der Waals surface area contributed by atoms with E-state index in [1.54, 1.807) is 0 Å². The maximum Gasteiger partial charge on any atom is 0 e. The van der Waals surface area contributed by atoms with E-state index in [2.05, 4.69) is 0 Å². The van der Waals surface area contributed by atoms with Crippen LogP contribution in [0.15, 0.2) is 0 Å². The van der Waals surface area contributed by atoms with Crippen LogP contribution in [0, 0.1) is 0 Å². The van der Waals surface area contributed by atoms with E-state index in [4.69, 9.17) is 0 Å². The summed E-state index contributed by atoms with van der Waals surface area (Å²) in [4.78, 5) is 0. The minimum Gasteiger partial charge on any atom is -0.412 e. The van der Waals surface area contributed by atoms with Gasteiger partial charge in [0, 0.05) is 62.3 Å². The van der Waals surface area contributed by atoms with Crippen LogP contribution in [-0.2, 0) is 16.8 Å². The van der Waals surface area contributed by atoms with Gasteiger partial charge >= 0.3 is 0 Å². The first-order valence-corrected chi connectivity index (χ1v) is 0. The Morgan fingerprint density at radius 1 is 0.600 bits per heavy atom. The van der Waals surface area contributed by atoms with E-state index in [1.165, 1.54) is 0 Å². The first-order valence-electron chi connectivity index (χ1n) is 0. The van der Waals surface area contributed by atoms with Crippen molar-refractivity contribution in [1.82, 2.24) is 0 Å². The van der Waals surface area contributed by atoms with Crippen LogP contribution in [0.2, 0.25) is 0 Å². The minimum atomic E-state index is 0. The van der Waals surface area contributed by atoms with Gasteiger partial charge in [0.05, 0.1) is 0 Å². The summed E-state index contributed by atoms with van der Waals surface area (Å²) < 4.78 is 0. The van der Waals surface area contributed by atoms with Crippen molar-refractivity contribution in [2.45, 2.75) is 0 Å². The largest absolute Gasteiger partial charge is 0.412 e. The van der Waals surface area contributed by atoms with Crippen LogP contribution >= 0.6 is 0 Å². The molecule has 6 N–H and O–H groups in total. The molecule has 0 aromatic carbocycles. The van der Waals surface area contributed by atoms with Crippen LogP contribution in [0.4, 0.5) is 0 Å². The Balaban J connectivity index is 0. The van der Waals surface area contributed by atoms with Gasteiger partial charge in [-0.2, -0.15) is 0 Å². The molecule has 3 radical (unpaired) electrons. The summed E-state index contributed by atoms with van der Waals surface area (Å²) in [5.74, 6) is 0. The van der Waals surface area contributed by atoms with Crippen LogP contribution in [0.5, 0.6) is 0 Å². The third-order valence-corrected chi connectivity index (χ3v) is 0. The van der Waals surface area contributed by atoms with E-state index in [-0.39, 0.29) is 78.7 Å². The van der Waals surface area contributed by atoms with E-state index >= 15 is 0 Å². The Labute approximate surface area is 77.5 Å². The average Bonchev–Trinajstić information content (AvgIpc) is 0. The van der Waals surface area contributed by atoms with E-state index in [0.29, 0.717) is 0 Å². The molecule has 0 fully saturated rings. The summed E-state index contributed by atoms with van der Waals surface area (Å²) in [7, 11) is 0. The first kappa shape index (κ1) is 67.8. The van der Waals surface area contributed by atoms with Crippen molar-refractivity contribution in [2.24, 2.45) is 0 Å². The molecular formula is H6CoO3Sr. The van der Waals surface area contributed by atoms with Gasteiger partial charge in [0.1, 0.15) is 0 Å². The summed E-state index contributed by atoms with van der Waals surface area (Å²) in [6.45, 7) is 0. The third-order valence-electron chi connectivity index (χ3n) is 0. The van der Waals surface area contributed by atoms with Gasteiger partial charge < -0.3 is 16.4 Å². The third kappa shape index (κ3) is 25.2. The molecule has 5 heteroatoms. The monoisotopic (exact) mass is 201 g/mol. The quantitative estimate of drug-likeness (QED) is 0.376. The number of hydrogen-bond donors (Lipinski definition) is 0. The molecule has 0 bridgehead atoms. The van der Waals surface area contributed by atoms with Crippen LogP contribution < -0.4 is 0 Å². The average molecular weight is 201 g/mol. The number of rotatable bonds is 0. The van der Waals surface area contributed by atoms with Gasteiger partial charge in [0.2, 0.25) is 0 Å². The van der Waals surface area contributed by atoms with Crippen molar-refractivity contribution in [3.05, 3.63) is 0 Å². The molecular weight excluding hydrogens is 195 g/mol. The molecule has 0 saturated carbocycles. The van der Waals surface area contributed by atoms with Gasteiger partial charge in [-0.3, -0.25) is 0 Å². The zero-order valence-corrected chi connectivity index (χ0v) is 7.06. The zero-order chi connectivity index (χ0) is 0. The van der Waals surface area contributed by atoms with Crippen LogP contribution in [0.25, 0.3) is 0 Å². The number of hydrogen-bond acceptors (Lipinski definition) is 0. The van der Waals surface area contributed by atoms with E-state index in [1.807, 2.05) is 0 Å². The molecule has 3 nitrogen and oxygen atoms in total. The van der Waals surface area contributed by atoms with E-state index < -0.39 is 0 Å². The molecule has 0 aliphatic carbocycles. The van der Waals surface area contributed by atoms with Crippen molar-refractivity contribution in [3.63, 3.8) is 0 Å². The molecule has 0 spiro atoms. The molecule has 0 saturated heterocycles. The first-order chi connectivity index (χ1) is 0. The molecule has 0 atom stereocenters. The summed E-state index contributed by atoms with van der Waals surface area (Å²) in [6, 6.07) is 0. The van der Waals surface area contributed by atoms with Crippen LogP contribution in [0.3, 0.4) is 0 Å². The molecule has 0 aromatic heterocycles. The molecule has 5 heavy (non-hydrogen) atoms. The Hall–Kier alpha value is 1.87. The van der Waals surface area contributed by atoms with E-state index in [0.717, 1.165) is 0 Å². The van der Waals surface area contributed by atoms with Crippen molar-refractivity contribution in [3.8, 4) is 0 Å². The van der Waals surface area contributed by atoms with Crippen molar-refractivity contribution in [2.75, 3.05) is 0 Å². The van der Waals surface area contributed by atoms with Crippen LogP contribution in [0.1, 0.15) is 0 Å². The summed E-state index contributed by atoms with van der Waals surface area (Å²) >= 11 is 0. The van der Waals surface area contributed by atoms with Gasteiger partial charge in [0.15, 0.2) is 0 Å². The normalized spacial score (nSPS) is 0. The van der Waals surface area contributed by atoms with Crippen molar-refractivity contribution >= 4 is 45.5 Å². The summed E-state index contributed by atoms with van der Waals surface area (Å²) in [5.41, 5.74) is 0. The fourth-order valence-corrected chi connectivity index (χ4v) is 0. The van der Waals surface area contributed by atoms with Gasteiger partial charge in [-0.15, -0.1) is 0 Å². The smallest absolute Gasteiger partial charge is 0 e.